The van der Waals surface area contributed by atoms with Crippen molar-refractivity contribution in [2.24, 2.45) is 5.92 Å². The number of ether oxygens (including phenoxy) is 2. The van der Waals surface area contributed by atoms with E-state index >= 15 is 0 Å². The van der Waals surface area contributed by atoms with Gasteiger partial charge in [0.1, 0.15) is 0 Å². The van der Waals surface area contributed by atoms with E-state index in [1.165, 1.54) is 19.3 Å². The second-order valence-electron chi connectivity index (χ2n) is 5.61. The predicted molar refractivity (Wildman–Crippen MR) is 87.5 cm³/mol. The van der Waals surface area contributed by atoms with Crippen LogP contribution in [0.5, 0.6) is 0 Å². The fourth-order valence-electron chi connectivity index (χ4n) is 1.69. The van der Waals surface area contributed by atoms with Crippen LogP contribution < -0.4 is 0 Å². The molecular weight excluding hydrogens is 336 g/mol. The van der Waals surface area contributed by atoms with Crippen molar-refractivity contribution in [3.8, 4) is 0 Å². The number of hydrogen-bond donors (Lipinski definition) is 0. The van der Waals surface area contributed by atoms with Crippen molar-refractivity contribution >= 4 is 27.9 Å². The normalized spacial score (nSPS) is 10.7. The lowest BCUT2D eigenvalue weighted by molar-refractivity contribution is -0.146. The molecule has 0 spiro atoms. The van der Waals surface area contributed by atoms with E-state index in [0.717, 1.165) is 18.2 Å². The molecule has 0 rings (SSSR count). The zero-order valence-corrected chi connectivity index (χ0v) is 15.0. The fourth-order valence-corrected chi connectivity index (χ4v) is 2.09. The van der Waals surface area contributed by atoms with Crippen LogP contribution in [0.3, 0.4) is 0 Å². The molecule has 0 unspecified atom stereocenters. The molecule has 0 aromatic carbocycles. The van der Waals surface area contributed by atoms with Crippen LogP contribution in [0, 0.1) is 5.92 Å². The fraction of sp³-hybridized carbons (Fsp3) is 0.875. The Morgan fingerprint density at radius 2 is 1.43 bits per heavy atom. The van der Waals surface area contributed by atoms with Gasteiger partial charge in [0, 0.05) is 18.2 Å². The topological polar surface area (TPSA) is 52.6 Å². The Balaban J connectivity index is 3.36. The van der Waals surface area contributed by atoms with Crippen molar-refractivity contribution in [1.29, 1.82) is 0 Å². The average molecular weight is 365 g/mol. The second kappa shape index (κ2) is 14.4. The molecule has 0 aromatic rings. The molecule has 0 aliphatic carbocycles. The van der Waals surface area contributed by atoms with E-state index in [0.29, 0.717) is 32.0 Å². The molecule has 0 N–H and O–H groups in total. The number of hydrogen-bond acceptors (Lipinski definition) is 4. The number of alkyl halides is 1. The number of carbonyl (C=O) groups excluding carboxylic acids is 2. The van der Waals surface area contributed by atoms with Gasteiger partial charge >= 0.3 is 11.9 Å². The zero-order valence-electron chi connectivity index (χ0n) is 13.4. The maximum atomic E-state index is 11.4. The SMILES string of the molecule is CC(C)COC(=O)CCCC(=O)OCCCCCCCBr. The minimum absolute atomic E-state index is 0.216. The lowest BCUT2D eigenvalue weighted by Gasteiger charge is -2.07. The Bertz CT molecular complexity index is 279. The summed E-state index contributed by atoms with van der Waals surface area (Å²) in [7, 11) is 0. The Morgan fingerprint density at radius 1 is 0.857 bits per heavy atom. The summed E-state index contributed by atoms with van der Waals surface area (Å²) in [5.74, 6) is -0.108. The van der Waals surface area contributed by atoms with Gasteiger partial charge in [0.2, 0.25) is 0 Å². The van der Waals surface area contributed by atoms with E-state index in [2.05, 4.69) is 15.9 Å². The van der Waals surface area contributed by atoms with Gasteiger partial charge in [0.25, 0.3) is 0 Å². The maximum absolute atomic E-state index is 11.4. The first-order chi connectivity index (χ1) is 10.1. The standard InChI is InChI=1S/C16H29BrO4/c1-14(2)13-21-16(19)10-8-9-15(18)20-12-7-5-3-4-6-11-17/h14H,3-13H2,1-2H3. The molecule has 0 fully saturated rings. The van der Waals surface area contributed by atoms with Gasteiger partial charge in [0.15, 0.2) is 0 Å². The molecule has 0 atom stereocenters. The molecule has 0 saturated carbocycles. The maximum Gasteiger partial charge on any atom is 0.305 e. The summed E-state index contributed by atoms with van der Waals surface area (Å²) in [5.41, 5.74) is 0. The van der Waals surface area contributed by atoms with Gasteiger partial charge in [-0.15, -0.1) is 0 Å². The lowest BCUT2D eigenvalue weighted by Crippen LogP contribution is -2.11. The minimum Gasteiger partial charge on any atom is -0.466 e. The van der Waals surface area contributed by atoms with Crippen LogP contribution in [0.2, 0.25) is 0 Å². The highest BCUT2D eigenvalue weighted by Crippen LogP contribution is 2.06. The van der Waals surface area contributed by atoms with Crippen molar-refractivity contribution < 1.29 is 19.1 Å². The number of esters is 2. The molecule has 0 amide bonds. The Hall–Kier alpha value is -0.580. The molecule has 0 bridgehead atoms. The van der Waals surface area contributed by atoms with Crippen LogP contribution in [0.15, 0.2) is 0 Å². The smallest absolute Gasteiger partial charge is 0.305 e. The molecular formula is C16H29BrO4. The highest BCUT2D eigenvalue weighted by atomic mass is 79.9. The molecule has 0 aliphatic heterocycles. The van der Waals surface area contributed by atoms with Gasteiger partial charge in [-0.05, 0) is 25.2 Å². The third-order valence-electron chi connectivity index (χ3n) is 2.88. The summed E-state index contributed by atoms with van der Waals surface area (Å²) >= 11 is 3.40. The van der Waals surface area contributed by atoms with Gasteiger partial charge in [-0.3, -0.25) is 9.59 Å². The van der Waals surface area contributed by atoms with E-state index in [-0.39, 0.29) is 18.4 Å². The average Bonchev–Trinajstić information content (AvgIpc) is 2.44. The first-order valence-electron chi connectivity index (χ1n) is 7.93. The molecule has 4 nitrogen and oxygen atoms in total. The molecule has 5 heteroatoms. The molecule has 21 heavy (non-hydrogen) atoms. The van der Waals surface area contributed by atoms with E-state index in [9.17, 15) is 9.59 Å². The van der Waals surface area contributed by atoms with Crippen molar-refractivity contribution in [2.45, 2.75) is 65.2 Å². The van der Waals surface area contributed by atoms with E-state index in [4.69, 9.17) is 9.47 Å². The summed E-state index contributed by atoms with van der Waals surface area (Å²) < 4.78 is 10.2. The number of rotatable bonds is 13. The first kappa shape index (κ1) is 20.4. The van der Waals surface area contributed by atoms with E-state index in [1.807, 2.05) is 13.8 Å². The van der Waals surface area contributed by atoms with Crippen molar-refractivity contribution in [1.82, 2.24) is 0 Å². The number of halogens is 1. The molecule has 0 radical (unpaired) electrons. The molecule has 0 aromatic heterocycles. The lowest BCUT2D eigenvalue weighted by atomic mass is 10.2. The van der Waals surface area contributed by atoms with Crippen LogP contribution in [-0.2, 0) is 19.1 Å². The van der Waals surface area contributed by atoms with Crippen molar-refractivity contribution in [2.75, 3.05) is 18.5 Å². The van der Waals surface area contributed by atoms with E-state index < -0.39 is 0 Å². The highest BCUT2D eigenvalue weighted by Gasteiger charge is 2.07. The van der Waals surface area contributed by atoms with Gasteiger partial charge in [-0.25, -0.2) is 0 Å². The van der Waals surface area contributed by atoms with Gasteiger partial charge in [-0.2, -0.15) is 0 Å². The van der Waals surface area contributed by atoms with Crippen LogP contribution >= 0.6 is 15.9 Å². The first-order valence-corrected chi connectivity index (χ1v) is 9.05. The molecule has 0 heterocycles. The van der Waals surface area contributed by atoms with E-state index in [1.54, 1.807) is 0 Å². The zero-order chi connectivity index (χ0) is 15.9. The van der Waals surface area contributed by atoms with Gasteiger partial charge < -0.3 is 9.47 Å². The van der Waals surface area contributed by atoms with Crippen LogP contribution in [0.25, 0.3) is 0 Å². The second-order valence-corrected chi connectivity index (χ2v) is 6.40. The van der Waals surface area contributed by atoms with Gasteiger partial charge in [-0.1, -0.05) is 49.0 Å². The molecule has 0 aliphatic rings. The molecule has 0 saturated heterocycles. The van der Waals surface area contributed by atoms with Crippen molar-refractivity contribution in [3.05, 3.63) is 0 Å². The van der Waals surface area contributed by atoms with Gasteiger partial charge in [0.05, 0.1) is 13.2 Å². The third-order valence-corrected chi connectivity index (χ3v) is 3.44. The van der Waals surface area contributed by atoms with Crippen LogP contribution in [0.1, 0.15) is 65.2 Å². The number of unbranched alkanes of at least 4 members (excludes halogenated alkanes) is 4. The summed E-state index contributed by atoms with van der Waals surface area (Å²) in [6, 6.07) is 0. The van der Waals surface area contributed by atoms with Crippen molar-refractivity contribution in [3.63, 3.8) is 0 Å². The third kappa shape index (κ3) is 15.6. The molecule has 124 valence electrons. The van der Waals surface area contributed by atoms with Crippen LogP contribution in [-0.4, -0.2) is 30.5 Å². The summed E-state index contributed by atoms with van der Waals surface area (Å²) in [6.45, 7) is 4.92. The predicted octanol–water partition coefficient (Wildman–Crippen LogP) is 4.24. The summed E-state index contributed by atoms with van der Waals surface area (Å²) in [6.07, 6.45) is 6.71. The largest absolute Gasteiger partial charge is 0.466 e. The minimum atomic E-state index is -0.233. The Morgan fingerprint density at radius 3 is 2.05 bits per heavy atom. The highest BCUT2D eigenvalue weighted by molar-refractivity contribution is 9.09. The Kier molecular flexibility index (Phi) is 14.0. The number of carbonyl (C=O) groups is 2. The summed E-state index contributed by atoms with van der Waals surface area (Å²) in [4.78, 5) is 22.8. The quantitative estimate of drug-likeness (QED) is 0.278. The monoisotopic (exact) mass is 364 g/mol. The Labute approximate surface area is 137 Å². The van der Waals surface area contributed by atoms with Crippen LogP contribution in [0.4, 0.5) is 0 Å². The summed E-state index contributed by atoms with van der Waals surface area (Å²) in [5, 5.41) is 1.06.